The lowest BCUT2D eigenvalue weighted by Crippen LogP contribution is -2.18. The zero-order chi connectivity index (χ0) is 11.6. The molecule has 88 valence electrons. The van der Waals surface area contributed by atoms with Gasteiger partial charge in [-0.05, 0) is 25.0 Å². The van der Waals surface area contributed by atoms with Crippen molar-refractivity contribution in [3.8, 4) is 0 Å². The van der Waals surface area contributed by atoms with Crippen LogP contribution in [0.3, 0.4) is 0 Å². The molecule has 0 radical (unpaired) electrons. The Balaban J connectivity index is 0.000000181. The van der Waals surface area contributed by atoms with E-state index in [9.17, 15) is 4.79 Å². The maximum Gasteiger partial charge on any atom is 0.308 e. The third kappa shape index (κ3) is 4.91. The quantitative estimate of drug-likeness (QED) is 0.684. The average Bonchev–Trinajstić information content (AvgIpc) is 2.41. The van der Waals surface area contributed by atoms with Crippen LogP contribution in [0, 0.1) is 5.92 Å². The Kier molecular flexibility index (Phi) is 6.23. The van der Waals surface area contributed by atoms with Crippen LogP contribution in [0.4, 0.5) is 0 Å². The molecule has 0 saturated heterocycles. The zero-order valence-electron chi connectivity index (χ0n) is 9.76. The molecular formula is C13H19NO2. The van der Waals surface area contributed by atoms with Gasteiger partial charge < -0.3 is 4.74 Å². The van der Waals surface area contributed by atoms with Gasteiger partial charge in [0.05, 0.1) is 13.0 Å². The van der Waals surface area contributed by atoms with E-state index in [1.54, 1.807) is 12.4 Å². The van der Waals surface area contributed by atoms with Gasteiger partial charge in [0.15, 0.2) is 0 Å². The Morgan fingerprint density at radius 3 is 2.12 bits per heavy atom. The Hall–Kier alpha value is -1.38. The van der Waals surface area contributed by atoms with Crippen LogP contribution in [0.1, 0.15) is 32.1 Å². The van der Waals surface area contributed by atoms with Crippen molar-refractivity contribution >= 4 is 5.97 Å². The molecule has 1 aromatic rings. The highest BCUT2D eigenvalue weighted by molar-refractivity contribution is 5.72. The molecule has 0 atom stereocenters. The van der Waals surface area contributed by atoms with Crippen molar-refractivity contribution in [1.82, 2.24) is 4.98 Å². The van der Waals surface area contributed by atoms with Gasteiger partial charge in [-0.2, -0.15) is 0 Å². The molecule has 1 aromatic heterocycles. The van der Waals surface area contributed by atoms with Gasteiger partial charge in [-0.1, -0.05) is 25.3 Å². The maximum absolute atomic E-state index is 10.9. The molecule has 1 aliphatic carbocycles. The summed E-state index contributed by atoms with van der Waals surface area (Å²) in [6.45, 7) is 0. The molecule has 1 heterocycles. The van der Waals surface area contributed by atoms with Crippen LogP contribution >= 0.6 is 0 Å². The monoisotopic (exact) mass is 221 g/mol. The number of esters is 1. The van der Waals surface area contributed by atoms with Crippen molar-refractivity contribution in [2.24, 2.45) is 5.92 Å². The molecule has 0 aliphatic heterocycles. The van der Waals surface area contributed by atoms with Crippen molar-refractivity contribution < 1.29 is 9.53 Å². The first kappa shape index (κ1) is 12.7. The normalized spacial score (nSPS) is 15.8. The van der Waals surface area contributed by atoms with Gasteiger partial charge in [0, 0.05) is 12.4 Å². The summed E-state index contributed by atoms with van der Waals surface area (Å²) in [5.74, 6) is 0.193. The highest BCUT2D eigenvalue weighted by atomic mass is 16.5. The number of pyridine rings is 1. The molecule has 1 fully saturated rings. The summed E-state index contributed by atoms with van der Waals surface area (Å²) in [4.78, 5) is 14.7. The minimum absolute atomic E-state index is 0.0142. The first-order chi connectivity index (χ1) is 7.84. The van der Waals surface area contributed by atoms with Gasteiger partial charge >= 0.3 is 5.97 Å². The predicted molar refractivity (Wildman–Crippen MR) is 62.8 cm³/mol. The first-order valence-corrected chi connectivity index (χ1v) is 5.77. The summed E-state index contributed by atoms with van der Waals surface area (Å²) in [7, 11) is 1.47. The Morgan fingerprint density at radius 1 is 1.12 bits per heavy atom. The van der Waals surface area contributed by atoms with E-state index in [4.69, 9.17) is 0 Å². The highest BCUT2D eigenvalue weighted by Gasteiger charge is 2.20. The summed E-state index contributed by atoms with van der Waals surface area (Å²) in [6.07, 6.45) is 9.24. The number of hydrogen-bond donors (Lipinski definition) is 0. The Morgan fingerprint density at radius 2 is 1.75 bits per heavy atom. The molecule has 1 aliphatic rings. The van der Waals surface area contributed by atoms with Crippen molar-refractivity contribution in [2.45, 2.75) is 32.1 Å². The lowest BCUT2D eigenvalue weighted by molar-refractivity contribution is -0.146. The number of rotatable bonds is 1. The Bertz CT molecular complexity index is 255. The number of hydrogen-bond acceptors (Lipinski definition) is 3. The molecule has 0 bridgehead atoms. The summed E-state index contributed by atoms with van der Waals surface area (Å²) in [5.41, 5.74) is 0. The summed E-state index contributed by atoms with van der Waals surface area (Å²) < 4.78 is 4.65. The second kappa shape index (κ2) is 7.85. The van der Waals surface area contributed by atoms with Crippen LogP contribution in [0.5, 0.6) is 0 Å². The minimum Gasteiger partial charge on any atom is -0.469 e. The van der Waals surface area contributed by atoms with E-state index >= 15 is 0 Å². The molecule has 0 spiro atoms. The predicted octanol–water partition coefficient (Wildman–Crippen LogP) is 2.82. The standard InChI is InChI=1S/C8H14O2.C5H5N/c1-10-8(9)7-5-3-2-4-6-7;1-2-4-6-5-3-1/h7H,2-6H2,1H3;1-5H. The lowest BCUT2D eigenvalue weighted by Gasteiger charge is -2.18. The summed E-state index contributed by atoms with van der Waals surface area (Å²) in [6, 6.07) is 5.72. The third-order valence-corrected chi connectivity index (χ3v) is 2.71. The van der Waals surface area contributed by atoms with Gasteiger partial charge in [-0.25, -0.2) is 0 Å². The molecule has 3 nitrogen and oxygen atoms in total. The molecule has 0 amide bonds. The van der Waals surface area contributed by atoms with Crippen LogP contribution < -0.4 is 0 Å². The van der Waals surface area contributed by atoms with E-state index < -0.39 is 0 Å². The fraction of sp³-hybridized carbons (Fsp3) is 0.538. The fourth-order valence-corrected chi connectivity index (χ4v) is 1.82. The maximum atomic E-state index is 10.9. The van der Waals surface area contributed by atoms with Crippen molar-refractivity contribution in [1.29, 1.82) is 0 Å². The van der Waals surface area contributed by atoms with Gasteiger partial charge in [-0.3, -0.25) is 9.78 Å². The molecule has 1 saturated carbocycles. The third-order valence-electron chi connectivity index (χ3n) is 2.71. The number of methoxy groups -OCH3 is 1. The molecule has 16 heavy (non-hydrogen) atoms. The van der Waals surface area contributed by atoms with Gasteiger partial charge in [-0.15, -0.1) is 0 Å². The van der Waals surface area contributed by atoms with Gasteiger partial charge in [0.1, 0.15) is 0 Å². The van der Waals surface area contributed by atoms with Crippen LogP contribution in [0.25, 0.3) is 0 Å². The van der Waals surface area contributed by atoms with E-state index in [1.165, 1.54) is 26.4 Å². The molecule has 0 aromatic carbocycles. The average molecular weight is 221 g/mol. The molecule has 0 unspecified atom stereocenters. The molecule has 3 heteroatoms. The first-order valence-electron chi connectivity index (χ1n) is 5.77. The molecule has 0 N–H and O–H groups in total. The second-order valence-electron chi connectivity index (χ2n) is 3.88. The van der Waals surface area contributed by atoms with Crippen molar-refractivity contribution in [3.05, 3.63) is 30.6 Å². The van der Waals surface area contributed by atoms with E-state index in [0.717, 1.165) is 12.8 Å². The molecule has 2 rings (SSSR count). The van der Waals surface area contributed by atoms with E-state index in [1.807, 2.05) is 18.2 Å². The van der Waals surface area contributed by atoms with E-state index in [2.05, 4.69) is 9.72 Å². The van der Waals surface area contributed by atoms with E-state index in [-0.39, 0.29) is 11.9 Å². The fourth-order valence-electron chi connectivity index (χ4n) is 1.82. The highest BCUT2D eigenvalue weighted by Crippen LogP contribution is 2.24. The van der Waals surface area contributed by atoms with Crippen LogP contribution in [-0.2, 0) is 9.53 Å². The topological polar surface area (TPSA) is 39.2 Å². The van der Waals surface area contributed by atoms with Crippen LogP contribution in [-0.4, -0.2) is 18.1 Å². The number of nitrogens with zero attached hydrogens (tertiary/aromatic N) is 1. The van der Waals surface area contributed by atoms with Crippen LogP contribution in [0.2, 0.25) is 0 Å². The number of ether oxygens (including phenoxy) is 1. The Labute approximate surface area is 96.8 Å². The van der Waals surface area contributed by atoms with Gasteiger partial charge in [0.25, 0.3) is 0 Å². The van der Waals surface area contributed by atoms with Crippen molar-refractivity contribution in [2.75, 3.05) is 7.11 Å². The summed E-state index contributed by atoms with van der Waals surface area (Å²) in [5, 5.41) is 0. The van der Waals surface area contributed by atoms with Crippen LogP contribution in [0.15, 0.2) is 30.6 Å². The lowest BCUT2D eigenvalue weighted by atomic mass is 9.89. The van der Waals surface area contributed by atoms with E-state index in [0.29, 0.717) is 0 Å². The molecular weight excluding hydrogens is 202 g/mol. The number of carbonyl (C=O) groups is 1. The number of aromatic nitrogens is 1. The smallest absolute Gasteiger partial charge is 0.308 e. The second-order valence-corrected chi connectivity index (χ2v) is 3.88. The van der Waals surface area contributed by atoms with Crippen molar-refractivity contribution in [3.63, 3.8) is 0 Å². The largest absolute Gasteiger partial charge is 0.469 e. The zero-order valence-corrected chi connectivity index (χ0v) is 9.76. The minimum atomic E-state index is -0.0142. The SMILES string of the molecule is COC(=O)C1CCCCC1.c1ccncc1. The van der Waals surface area contributed by atoms with Gasteiger partial charge in [0.2, 0.25) is 0 Å². The summed E-state index contributed by atoms with van der Waals surface area (Å²) >= 11 is 0. The number of carbonyl (C=O) groups excluding carboxylic acids is 1.